The van der Waals surface area contributed by atoms with Gasteiger partial charge in [0, 0.05) is 22.6 Å². The van der Waals surface area contributed by atoms with E-state index in [1.165, 1.54) is 3.97 Å². The normalized spacial score (nSPS) is 12.1. The first-order chi connectivity index (χ1) is 13.8. The van der Waals surface area contributed by atoms with Crippen molar-refractivity contribution in [2.24, 2.45) is 5.73 Å². The molecule has 1 aromatic heterocycles. The van der Waals surface area contributed by atoms with Crippen LogP contribution in [0.1, 0.15) is 23.2 Å². The summed E-state index contributed by atoms with van der Waals surface area (Å²) < 4.78 is 27.4. The second kappa shape index (κ2) is 8.82. The highest BCUT2D eigenvalue weighted by atomic mass is 35.5. The van der Waals surface area contributed by atoms with Crippen molar-refractivity contribution in [2.75, 3.05) is 5.75 Å². The first-order valence-electron chi connectivity index (χ1n) is 9.00. The monoisotopic (exact) mass is 432 g/mol. The molecule has 0 unspecified atom stereocenters. The fraction of sp³-hybridized carbons (Fsp3) is 0.190. The number of carbonyl (C=O) groups is 1. The lowest BCUT2D eigenvalue weighted by molar-refractivity contribution is -0.136. The summed E-state index contributed by atoms with van der Waals surface area (Å²) in [6.45, 7) is 0.408. The van der Waals surface area contributed by atoms with Crippen LogP contribution in [0.4, 0.5) is 0 Å². The Bertz CT molecular complexity index is 1180. The number of halogens is 1. The predicted molar refractivity (Wildman–Crippen MR) is 115 cm³/mol. The van der Waals surface area contributed by atoms with Crippen molar-refractivity contribution in [1.29, 1.82) is 0 Å². The summed E-state index contributed by atoms with van der Waals surface area (Å²) in [7, 11) is -3.75. The van der Waals surface area contributed by atoms with Crippen molar-refractivity contribution < 1.29 is 18.3 Å². The fourth-order valence-corrected chi connectivity index (χ4v) is 4.80. The summed E-state index contributed by atoms with van der Waals surface area (Å²) >= 11 is 6.03. The zero-order valence-corrected chi connectivity index (χ0v) is 17.2. The smallest absolute Gasteiger partial charge is 0.303 e. The average molecular weight is 433 g/mol. The summed E-state index contributed by atoms with van der Waals surface area (Å²) in [6, 6.07) is 14.1. The maximum atomic E-state index is 13.1. The average Bonchev–Trinajstić information content (AvgIpc) is 3.04. The Kier molecular flexibility index (Phi) is 6.42. The Morgan fingerprint density at radius 1 is 1.17 bits per heavy atom. The van der Waals surface area contributed by atoms with E-state index in [2.05, 4.69) is 0 Å². The van der Waals surface area contributed by atoms with E-state index in [1.54, 1.807) is 36.4 Å². The lowest BCUT2D eigenvalue weighted by Crippen LogP contribution is -2.18. The molecular weight excluding hydrogens is 412 g/mol. The quantitative estimate of drug-likeness (QED) is 0.565. The Balaban J connectivity index is 1.94. The number of carboxylic acid groups (broad SMARTS) is 1. The Morgan fingerprint density at radius 3 is 2.69 bits per heavy atom. The third kappa shape index (κ3) is 5.06. The number of nitrogens with two attached hydrogens (primary N) is 1. The minimum absolute atomic E-state index is 0.100. The van der Waals surface area contributed by atoms with Crippen LogP contribution in [0.15, 0.2) is 54.6 Å². The van der Waals surface area contributed by atoms with Gasteiger partial charge in [-0.25, -0.2) is 12.4 Å². The molecule has 29 heavy (non-hydrogen) atoms. The van der Waals surface area contributed by atoms with Crippen molar-refractivity contribution in [3.05, 3.63) is 76.5 Å². The molecule has 0 atom stereocenters. The second-order valence-electron chi connectivity index (χ2n) is 6.63. The van der Waals surface area contributed by atoms with Crippen LogP contribution in [0, 0.1) is 0 Å². The van der Waals surface area contributed by atoms with Crippen molar-refractivity contribution in [3.8, 4) is 0 Å². The molecular formula is C21H21ClN2O4S. The van der Waals surface area contributed by atoms with E-state index < -0.39 is 16.0 Å². The van der Waals surface area contributed by atoms with Gasteiger partial charge in [-0.05, 0) is 41.8 Å². The SMILES string of the molecule is NCc1cccc(C=CCS(=O)(=O)n2c(CCC(=O)O)cc3cc(Cl)ccc32)c1. The van der Waals surface area contributed by atoms with Gasteiger partial charge in [-0.15, -0.1) is 0 Å². The van der Waals surface area contributed by atoms with Crippen molar-refractivity contribution in [3.63, 3.8) is 0 Å². The summed E-state index contributed by atoms with van der Waals surface area (Å²) in [5.74, 6) is -1.22. The summed E-state index contributed by atoms with van der Waals surface area (Å²) in [4.78, 5) is 11.0. The number of carboxylic acids is 1. The molecule has 152 valence electrons. The molecule has 0 fully saturated rings. The number of hydrogen-bond donors (Lipinski definition) is 2. The largest absolute Gasteiger partial charge is 0.481 e. The van der Waals surface area contributed by atoms with Gasteiger partial charge in [0.25, 0.3) is 0 Å². The third-order valence-corrected chi connectivity index (χ3v) is 6.30. The molecule has 0 saturated heterocycles. The number of hydrogen-bond acceptors (Lipinski definition) is 4. The highest BCUT2D eigenvalue weighted by Crippen LogP contribution is 2.26. The van der Waals surface area contributed by atoms with Crippen molar-refractivity contribution >= 4 is 44.6 Å². The number of aliphatic carboxylic acids is 1. The molecule has 0 aliphatic heterocycles. The van der Waals surface area contributed by atoms with E-state index in [0.717, 1.165) is 11.1 Å². The molecule has 1 heterocycles. The van der Waals surface area contributed by atoms with Crippen LogP contribution in [0.5, 0.6) is 0 Å². The Morgan fingerprint density at radius 2 is 1.97 bits per heavy atom. The molecule has 3 aromatic rings. The molecule has 0 bridgehead atoms. The second-order valence-corrected chi connectivity index (χ2v) is 8.93. The van der Waals surface area contributed by atoms with Gasteiger partial charge < -0.3 is 10.8 Å². The number of aryl methyl sites for hydroxylation is 1. The zero-order valence-electron chi connectivity index (χ0n) is 15.6. The van der Waals surface area contributed by atoms with Gasteiger partial charge in [-0.3, -0.25) is 4.79 Å². The van der Waals surface area contributed by atoms with Crippen LogP contribution in [0.25, 0.3) is 17.0 Å². The molecule has 2 aromatic carbocycles. The van der Waals surface area contributed by atoms with Crippen LogP contribution >= 0.6 is 11.6 Å². The molecule has 0 spiro atoms. The van der Waals surface area contributed by atoms with E-state index in [4.69, 9.17) is 22.4 Å². The summed E-state index contributed by atoms with van der Waals surface area (Å²) in [6.07, 6.45) is 3.24. The highest BCUT2D eigenvalue weighted by molar-refractivity contribution is 7.90. The van der Waals surface area contributed by atoms with Crippen LogP contribution < -0.4 is 5.73 Å². The van der Waals surface area contributed by atoms with Crippen LogP contribution in [-0.4, -0.2) is 29.2 Å². The molecule has 3 rings (SSSR count). The zero-order chi connectivity index (χ0) is 21.0. The van der Waals surface area contributed by atoms with Gasteiger partial charge in [0.15, 0.2) is 0 Å². The summed E-state index contributed by atoms with van der Waals surface area (Å²) in [5.41, 5.74) is 8.35. The molecule has 6 nitrogen and oxygen atoms in total. The van der Waals surface area contributed by atoms with Crippen LogP contribution in [-0.2, 0) is 27.8 Å². The molecule has 0 aliphatic rings. The molecule has 0 saturated carbocycles. The minimum Gasteiger partial charge on any atom is -0.481 e. The lowest BCUT2D eigenvalue weighted by atomic mass is 10.1. The maximum absolute atomic E-state index is 13.1. The fourth-order valence-electron chi connectivity index (χ4n) is 3.16. The third-order valence-electron chi connectivity index (χ3n) is 4.47. The standard InChI is InChI=1S/C21H21ClN2O4S/c22-18-6-8-20-17(12-18)13-19(7-9-21(25)26)24(20)29(27,28)10-2-5-15-3-1-4-16(11-15)14-23/h1-6,8,11-13H,7,9-10,14,23H2,(H,25,26). The number of nitrogens with zero attached hydrogens (tertiary/aromatic N) is 1. The topological polar surface area (TPSA) is 102 Å². The van der Waals surface area contributed by atoms with Gasteiger partial charge in [0.1, 0.15) is 0 Å². The van der Waals surface area contributed by atoms with Gasteiger partial charge in [-0.1, -0.05) is 48.0 Å². The minimum atomic E-state index is -3.75. The van der Waals surface area contributed by atoms with Crippen molar-refractivity contribution in [1.82, 2.24) is 3.97 Å². The molecule has 3 N–H and O–H groups in total. The number of benzene rings is 2. The predicted octanol–water partition coefficient (Wildman–Crippen LogP) is 3.66. The highest BCUT2D eigenvalue weighted by Gasteiger charge is 2.20. The van der Waals surface area contributed by atoms with E-state index in [1.807, 2.05) is 24.3 Å². The number of fused-ring (bicyclic) bond motifs is 1. The Labute approximate surface area is 174 Å². The first kappa shape index (κ1) is 21.1. The van der Waals surface area contributed by atoms with Crippen LogP contribution in [0.2, 0.25) is 5.02 Å². The van der Waals surface area contributed by atoms with Gasteiger partial charge in [0.2, 0.25) is 10.0 Å². The van der Waals surface area contributed by atoms with Crippen LogP contribution in [0.3, 0.4) is 0 Å². The van der Waals surface area contributed by atoms with Gasteiger partial charge in [0.05, 0.1) is 17.7 Å². The first-order valence-corrected chi connectivity index (χ1v) is 11.0. The van der Waals surface area contributed by atoms with E-state index in [9.17, 15) is 13.2 Å². The summed E-state index contributed by atoms with van der Waals surface area (Å²) in [5, 5.41) is 10.1. The molecule has 0 amide bonds. The van der Waals surface area contributed by atoms with Crippen molar-refractivity contribution in [2.45, 2.75) is 19.4 Å². The van der Waals surface area contributed by atoms with E-state index >= 15 is 0 Å². The molecule has 8 heteroatoms. The number of rotatable bonds is 8. The molecule has 0 aliphatic carbocycles. The van der Waals surface area contributed by atoms with Gasteiger partial charge in [-0.2, -0.15) is 0 Å². The van der Waals surface area contributed by atoms with Gasteiger partial charge >= 0.3 is 5.97 Å². The Hall–Kier alpha value is -2.61. The molecule has 0 radical (unpaired) electrons. The maximum Gasteiger partial charge on any atom is 0.303 e. The van der Waals surface area contributed by atoms with E-state index in [0.29, 0.717) is 28.2 Å². The van der Waals surface area contributed by atoms with E-state index in [-0.39, 0.29) is 18.6 Å². The lowest BCUT2D eigenvalue weighted by Gasteiger charge is -2.10. The number of aromatic nitrogens is 1.